The molecule has 1 saturated heterocycles. The van der Waals surface area contributed by atoms with Gasteiger partial charge in [-0.1, -0.05) is 0 Å². The molecule has 0 bridgehead atoms. The standard InChI is InChI=1S/C13H26N2O3/c1-13(14-2,12(16)18-4)7-5-8-15-9-6-11(10-15)17-3/h11,14H,5-10H2,1-4H3. The summed E-state index contributed by atoms with van der Waals surface area (Å²) in [4.78, 5) is 14.1. The van der Waals surface area contributed by atoms with E-state index in [0.717, 1.165) is 38.9 Å². The molecule has 0 radical (unpaired) electrons. The van der Waals surface area contributed by atoms with E-state index in [0.29, 0.717) is 6.10 Å². The molecular weight excluding hydrogens is 232 g/mol. The molecular formula is C13H26N2O3. The number of likely N-dealkylation sites (N-methyl/N-ethyl adjacent to an activating group) is 1. The largest absolute Gasteiger partial charge is 0.468 e. The molecule has 18 heavy (non-hydrogen) atoms. The van der Waals surface area contributed by atoms with E-state index in [4.69, 9.17) is 9.47 Å². The fourth-order valence-corrected chi connectivity index (χ4v) is 2.40. The molecule has 1 heterocycles. The number of carbonyl (C=O) groups excluding carboxylic acids is 1. The maximum atomic E-state index is 11.7. The highest BCUT2D eigenvalue weighted by Gasteiger charge is 2.32. The molecule has 0 aromatic heterocycles. The van der Waals surface area contributed by atoms with Crippen LogP contribution in [0.4, 0.5) is 0 Å². The number of esters is 1. The van der Waals surface area contributed by atoms with Gasteiger partial charge in [0.25, 0.3) is 0 Å². The van der Waals surface area contributed by atoms with Gasteiger partial charge in [-0.25, -0.2) is 0 Å². The van der Waals surface area contributed by atoms with Gasteiger partial charge >= 0.3 is 5.97 Å². The van der Waals surface area contributed by atoms with Crippen molar-refractivity contribution < 1.29 is 14.3 Å². The minimum atomic E-state index is -0.574. The Kier molecular flexibility index (Phi) is 6.05. The third kappa shape index (κ3) is 3.93. The van der Waals surface area contributed by atoms with Crippen LogP contribution in [0, 0.1) is 0 Å². The molecule has 1 aliphatic rings. The van der Waals surface area contributed by atoms with Crippen LogP contribution in [0.5, 0.6) is 0 Å². The first-order valence-electron chi connectivity index (χ1n) is 6.58. The van der Waals surface area contributed by atoms with Gasteiger partial charge in [-0.15, -0.1) is 0 Å². The predicted molar refractivity (Wildman–Crippen MR) is 70.6 cm³/mol. The maximum absolute atomic E-state index is 11.7. The van der Waals surface area contributed by atoms with Crippen LogP contribution in [0.15, 0.2) is 0 Å². The summed E-state index contributed by atoms with van der Waals surface area (Å²) >= 11 is 0. The van der Waals surface area contributed by atoms with Gasteiger partial charge in [0, 0.05) is 20.2 Å². The topological polar surface area (TPSA) is 50.8 Å². The fourth-order valence-electron chi connectivity index (χ4n) is 2.40. The van der Waals surface area contributed by atoms with Crippen molar-refractivity contribution in [1.82, 2.24) is 10.2 Å². The molecule has 2 unspecified atom stereocenters. The van der Waals surface area contributed by atoms with Crippen LogP contribution in [-0.4, -0.2) is 63.4 Å². The van der Waals surface area contributed by atoms with Crippen molar-refractivity contribution in [2.75, 3.05) is 40.9 Å². The van der Waals surface area contributed by atoms with Crippen LogP contribution in [0.1, 0.15) is 26.2 Å². The zero-order valence-electron chi connectivity index (χ0n) is 12.0. The highest BCUT2D eigenvalue weighted by Crippen LogP contribution is 2.17. The number of carbonyl (C=O) groups is 1. The molecule has 0 aromatic carbocycles. The molecule has 1 N–H and O–H groups in total. The Morgan fingerprint density at radius 3 is 2.72 bits per heavy atom. The Morgan fingerprint density at radius 1 is 1.50 bits per heavy atom. The lowest BCUT2D eigenvalue weighted by Crippen LogP contribution is -2.48. The van der Waals surface area contributed by atoms with Crippen molar-refractivity contribution >= 4 is 5.97 Å². The van der Waals surface area contributed by atoms with E-state index in [1.807, 2.05) is 6.92 Å². The second kappa shape index (κ2) is 7.07. The zero-order valence-corrected chi connectivity index (χ0v) is 12.0. The van der Waals surface area contributed by atoms with E-state index in [-0.39, 0.29) is 5.97 Å². The number of hydrogen-bond acceptors (Lipinski definition) is 5. The molecule has 0 saturated carbocycles. The van der Waals surface area contributed by atoms with E-state index in [9.17, 15) is 4.79 Å². The van der Waals surface area contributed by atoms with Gasteiger partial charge in [0.05, 0.1) is 13.2 Å². The molecule has 106 valence electrons. The summed E-state index contributed by atoms with van der Waals surface area (Å²) in [6, 6.07) is 0. The predicted octanol–water partition coefficient (Wildman–Crippen LogP) is 0.638. The number of nitrogens with zero attached hydrogens (tertiary/aromatic N) is 1. The van der Waals surface area contributed by atoms with Gasteiger partial charge in [0.1, 0.15) is 5.54 Å². The Bertz CT molecular complexity index is 273. The van der Waals surface area contributed by atoms with Gasteiger partial charge in [-0.2, -0.15) is 0 Å². The average molecular weight is 258 g/mol. The van der Waals surface area contributed by atoms with Crippen LogP contribution in [-0.2, 0) is 14.3 Å². The van der Waals surface area contributed by atoms with Gasteiger partial charge < -0.3 is 19.7 Å². The summed E-state index contributed by atoms with van der Waals surface area (Å²) in [7, 11) is 5.00. The average Bonchev–Trinajstić information content (AvgIpc) is 2.85. The SMILES string of the molecule is CNC(C)(CCCN1CCC(OC)C1)C(=O)OC. The van der Waals surface area contributed by atoms with Crippen LogP contribution >= 0.6 is 0 Å². The number of rotatable bonds is 7. The molecule has 1 aliphatic heterocycles. The molecule has 0 amide bonds. The van der Waals surface area contributed by atoms with Gasteiger partial charge in [-0.3, -0.25) is 4.79 Å². The summed E-state index contributed by atoms with van der Waals surface area (Å²) in [6.07, 6.45) is 3.24. The lowest BCUT2D eigenvalue weighted by Gasteiger charge is -2.27. The highest BCUT2D eigenvalue weighted by molar-refractivity contribution is 5.80. The maximum Gasteiger partial charge on any atom is 0.325 e. The van der Waals surface area contributed by atoms with Gasteiger partial charge in [0.2, 0.25) is 0 Å². The Labute approximate surface area is 110 Å². The monoisotopic (exact) mass is 258 g/mol. The van der Waals surface area contributed by atoms with Crippen molar-refractivity contribution in [2.24, 2.45) is 0 Å². The lowest BCUT2D eigenvalue weighted by atomic mass is 9.96. The fraction of sp³-hybridized carbons (Fsp3) is 0.923. The van der Waals surface area contributed by atoms with Gasteiger partial charge in [0.15, 0.2) is 0 Å². The van der Waals surface area contributed by atoms with Crippen LogP contribution in [0.3, 0.4) is 0 Å². The van der Waals surface area contributed by atoms with Crippen LogP contribution in [0.25, 0.3) is 0 Å². The first-order chi connectivity index (χ1) is 8.55. The normalized spacial score (nSPS) is 23.9. The third-order valence-electron chi connectivity index (χ3n) is 3.90. The van der Waals surface area contributed by atoms with Crippen molar-refractivity contribution in [3.8, 4) is 0 Å². The van der Waals surface area contributed by atoms with Gasteiger partial charge in [-0.05, 0) is 39.8 Å². The Hall–Kier alpha value is -0.650. The van der Waals surface area contributed by atoms with E-state index in [2.05, 4.69) is 10.2 Å². The number of likely N-dealkylation sites (tertiary alicyclic amines) is 1. The number of ether oxygens (including phenoxy) is 2. The van der Waals surface area contributed by atoms with Crippen molar-refractivity contribution in [2.45, 2.75) is 37.8 Å². The number of nitrogens with one attached hydrogen (secondary N) is 1. The zero-order chi connectivity index (χ0) is 13.6. The van der Waals surface area contributed by atoms with Crippen molar-refractivity contribution in [3.05, 3.63) is 0 Å². The quantitative estimate of drug-likeness (QED) is 0.679. The Balaban J connectivity index is 2.30. The molecule has 1 rings (SSSR count). The van der Waals surface area contributed by atoms with Crippen molar-refractivity contribution in [3.63, 3.8) is 0 Å². The van der Waals surface area contributed by atoms with E-state index in [1.54, 1.807) is 14.2 Å². The first kappa shape index (κ1) is 15.4. The molecule has 0 spiro atoms. The van der Waals surface area contributed by atoms with Crippen LogP contribution < -0.4 is 5.32 Å². The van der Waals surface area contributed by atoms with E-state index < -0.39 is 5.54 Å². The minimum Gasteiger partial charge on any atom is -0.468 e. The molecule has 0 aliphatic carbocycles. The number of methoxy groups -OCH3 is 2. The van der Waals surface area contributed by atoms with Crippen molar-refractivity contribution in [1.29, 1.82) is 0 Å². The molecule has 2 atom stereocenters. The summed E-state index contributed by atoms with van der Waals surface area (Å²) in [5, 5.41) is 3.06. The molecule has 5 nitrogen and oxygen atoms in total. The molecule has 0 aromatic rings. The summed E-state index contributed by atoms with van der Waals surface area (Å²) in [5.74, 6) is -0.193. The summed E-state index contributed by atoms with van der Waals surface area (Å²) in [6.45, 7) is 4.99. The number of hydrogen-bond donors (Lipinski definition) is 1. The minimum absolute atomic E-state index is 0.193. The van der Waals surface area contributed by atoms with Crippen LogP contribution in [0.2, 0.25) is 0 Å². The molecule has 5 heteroatoms. The van der Waals surface area contributed by atoms with E-state index >= 15 is 0 Å². The Morgan fingerprint density at radius 2 is 2.22 bits per heavy atom. The van der Waals surface area contributed by atoms with E-state index in [1.165, 1.54) is 7.11 Å². The molecule has 1 fully saturated rings. The smallest absolute Gasteiger partial charge is 0.325 e. The highest BCUT2D eigenvalue weighted by atomic mass is 16.5. The lowest BCUT2D eigenvalue weighted by molar-refractivity contribution is -0.148. The second-order valence-electron chi connectivity index (χ2n) is 5.12. The second-order valence-corrected chi connectivity index (χ2v) is 5.12. The first-order valence-corrected chi connectivity index (χ1v) is 6.58. The summed E-state index contributed by atoms with van der Waals surface area (Å²) < 4.78 is 10.2. The third-order valence-corrected chi connectivity index (χ3v) is 3.90. The summed E-state index contributed by atoms with van der Waals surface area (Å²) in [5.41, 5.74) is -0.574.